The third-order valence-electron chi connectivity index (χ3n) is 4.37. The molecular weight excluding hydrogens is 397 g/mol. The zero-order valence-electron chi connectivity index (χ0n) is 15.5. The number of esters is 1. The molecule has 0 fully saturated rings. The first-order valence-corrected chi connectivity index (χ1v) is 9.02. The summed E-state index contributed by atoms with van der Waals surface area (Å²) in [5.74, 6) is -0.799. The topological polar surface area (TPSA) is 69.4 Å². The van der Waals surface area contributed by atoms with Gasteiger partial charge in [-0.2, -0.15) is 18.3 Å². The molecule has 0 saturated heterocycles. The second-order valence-electron chi connectivity index (χ2n) is 6.39. The fourth-order valence-electron chi connectivity index (χ4n) is 2.94. The van der Waals surface area contributed by atoms with Gasteiger partial charge in [0.1, 0.15) is 5.56 Å². The number of hydrogen-bond acceptors (Lipinski definition) is 5. The number of ether oxygens (including phenoxy) is 1. The van der Waals surface area contributed by atoms with Crippen LogP contribution in [-0.2, 0) is 17.3 Å². The van der Waals surface area contributed by atoms with Crippen LogP contribution in [0.3, 0.4) is 0 Å². The van der Waals surface area contributed by atoms with Gasteiger partial charge in [-0.25, -0.2) is 14.3 Å². The number of fused-ring (bicyclic) bond motifs is 1. The van der Waals surface area contributed by atoms with Gasteiger partial charge in [0.05, 0.1) is 18.5 Å². The summed E-state index contributed by atoms with van der Waals surface area (Å²) in [6, 6.07) is 14.7. The van der Waals surface area contributed by atoms with Crippen LogP contribution in [-0.4, -0.2) is 32.2 Å². The van der Waals surface area contributed by atoms with Crippen molar-refractivity contribution < 1.29 is 22.7 Å². The molecule has 6 nitrogen and oxygen atoms in total. The lowest BCUT2D eigenvalue weighted by molar-refractivity contribution is -0.142. The molecule has 0 aliphatic heterocycles. The zero-order valence-corrected chi connectivity index (χ0v) is 15.5. The van der Waals surface area contributed by atoms with Gasteiger partial charge in [0, 0.05) is 23.9 Å². The quantitative estimate of drug-likeness (QED) is 0.460. The molecule has 4 rings (SSSR count). The average Bonchev–Trinajstić information content (AvgIpc) is 3.17. The lowest BCUT2D eigenvalue weighted by Crippen LogP contribution is -2.15. The van der Waals surface area contributed by atoms with Gasteiger partial charge in [-0.05, 0) is 18.2 Å². The molecule has 0 atom stereocenters. The number of carbonyl (C=O) groups is 1. The lowest BCUT2D eigenvalue weighted by atomic mass is 10.1. The maximum Gasteiger partial charge on any atom is 0.433 e. The highest BCUT2D eigenvalue weighted by Gasteiger charge is 2.36. The molecule has 3 heterocycles. The van der Waals surface area contributed by atoms with Crippen LogP contribution in [0, 0.1) is 0 Å². The van der Waals surface area contributed by atoms with E-state index in [2.05, 4.69) is 15.1 Å². The first-order valence-electron chi connectivity index (χ1n) is 9.02. The molecule has 9 heteroatoms. The van der Waals surface area contributed by atoms with Crippen molar-refractivity contribution in [2.75, 3.05) is 6.61 Å². The Hall–Kier alpha value is -3.75. The van der Waals surface area contributed by atoms with Crippen LogP contribution in [0.5, 0.6) is 0 Å². The molecule has 0 spiro atoms. The molecule has 0 bridgehead atoms. The minimum absolute atomic E-state index is 0.0255. The largest absolute Gasteiger partial charge is 0.462 e. The summed E-state index contributed by atoms with van der Waals surface area (Å²) in [7, 11) is 0. The highest BCUT2D eigenvalue weighted by molar-refractivity contribution is 5.96. The van der Waals surface area contributed by atoms with Crippen LogP contribution in [0.1, 0.15) is 21.7 Å². The van der Waals surface area contributed by atoms with Crippen molar-refractivity contribution in [2.45, 2.75) is 12.6 Å². The molecule has 0 aliphatic carbocycles. The standard InChI is InChI=1S/C21H15F3N4O2/c22-21(23,24)18-12-17(14-6-2-1-3-7-14)27-19-16(13-26-28(18)19)20(29)30-11-9-15-8-4-5-10-25-15/h1-8,10,12-13H,9,11H2. The van der Waals surface area contributed by atoms with Crippen molar-refractivity contribution in [3.05, 3.63) is 83.9 Å². The average molecular weight is 412 g/mol. The maximum absolute atomic E-state index is 13.6. The number of pyridine rings is 1. The first-order chi connectivity index (χ1) is 14.4. The summed E-state index contributed by atoms with van der Waals surface area (Å²) in [6.45, 7) is 0.0255. The Balaban J connectivity index is 1.67. The predicted molar refractivity (Wildman–Crippen MR) is 102 cm³/mol. The summed E-state index contributed by atoms with van der Waals surface area (Å²) in [5.41, 5.74) is -0.0849. The van der Waals surface area contributed by atoms with Gasteiger partial charge in [0.25, 0.3) is 0 Å². The summed E-state index contributed by atoms with van der Waals surface area (Å²) >= 11 is 0. The number of hydrogen-bond donors (Lipinski definition) is 0. The molecule has 0 saturated carbocycles. The van der Waals surface area contributed by atoms with Crippen molar-refractivity contribution in [1.29, 1.82) is 0 Å². The fourth-order valence-corrected chi connectivity index (χ4v) is 2.94. The van der Waals surface area contributed by atoms with Crippen LogP contribution in [0.2, 0.25) is 0 Å². The molecule has 1 aromatic carbocycles. The number of aromatic nitrogens is 4. The number of alkyl halides is 3. The Bertz CT molecular complexity index is 1180. The maximum atomic E-state index is 13.6. The van der Waals surface area contributed by atoms with Gasteiger partial charge < -0.3 is 4.74 Å². The van der Waals surface area contributed by atoms with Gasteiger partial charge in [-0.15, -0.1) is 0 Å². The molecule has 0 unspecified atom stereocenters. The molecule has 0 N–H and O–H groups in total. The third kappa shape index (κ3) is 4.00. The van der Waals surface area contributed by atoms with Crippen molar-refractivity contribution in [3.8, 4) is 11.3 Å². The second kappa shape index (κ2) is 7.94. The van der Waals surface area contributed by atoms with E-state index in [0.717, 1.165) is 18.0 Å². The molecule has 0 radical (unpaired) electrons. The van der Waals surface area contributed by atoms with Crippen LogP contribution >= 0.6 is 0 Å². The van der Waals surface area contributed by atoms with E-state index in [9.17, 15) is 18.0 Å². The first kappa shape index (κ1) is 19.6. The number of rotatable bonds is 5. The molecule has 152 valence electrons. The number of nitrogens with zero attached hydrogens (tertiary/aromatic N) is 4. The van der Waals surface area contributed by atoms with Crippen molar-refractivity contribution in [1.82, 2.24) is 19.6 Å². The summed E-state index contributed by atoms with van der Waals surface area (Å²) in [6.07, 6.45) is -1.65. The molecular formula is C21H15F3N4O2. The zero-order chi connectivity index (χ0) is 21.1. The number of benzene rings is 1. The normalized spacial score (nSPS) is 11.6. The SMILES string of the molecule is O=C(OCCc1ccccn1)c1cnn2c(C(F)(F)F)cc(-c3ccccc3)nc12. The Morgan fingerprint density at radius 1 is 1.07 bits per heavy atom. The van der Waals surface area contributed by atoms with Gasteiger partial charge in [0.2, 0.25) is 0 Å². The number of halogens is 3. The highest BCUT2D eigenvalue weighted by atomic mass is 19.4. The van der Waals surface area contributed by atoms with E-state index in [0.29, 0.717) is 16.5 Å². The fraction of sp³-hybridized carbons (Fsp3) is 0.143. The van der Waals surface area contributed by atoms with E-state index in [4.69, 9.17) is 4.74 Å². The van der Waals surface area contributed by atoms with E-state index in [1.807, 2.05) is 6.07 Å². The van der Waals surface area contributed by atoms with Crippen molar-refractivity contribution in [3.63, 3.8) is 0 Å². The molecule has 0 aliphatic rings. The summed E-state index contributed by atoms with van der Waals surface area (Å²) in [4.78, 5) is 20.9. The summed E-state index contributed by atoms with van der Waals surface area (Å²) in [5, 5.41) is 3.73. The Kier molecular flexibility index (Phi) is 5.18. The van der Waals surface area contributed by atoms with Crippen LogP contribution in [0.4, 0.5) is 13.2 Å². The molecule has 4 aromatic rings. The van der Waals surface area contributed by atoms with Crippen molar-refractivity contribution in [2.24, 2.45) is 0 Å². The van der Waals surface area contributed by atoms with Gasteiger partial charge in [-0.3, -0.25) is 4.98 Å². The van der Waals surface area contributed by atoms with Gasteiger partial charge >= 0.3 is 12.1 Å². The summed E-state index contributed by atoms with van der Waals surface area (Å²) < 4.78 is 46.6. The molecule has 3 aromatic heterocycles. The molecule has 0 amide bonds. The predicted octanol–water partition coefficient (Wildman–Crippen LogP) is 4.21. The van der Waals surface area contributed by atoms with E-state index < -0.39 is 17.8 Å². The number of carbonyl (C=O) groups excluding carboxylic acids is 1. The lowest BCUT2D eigenvalue weighted by Gasteiger charge is -2.11. The van der Waals surface area contributed by atoms with Gasteiger partial charge in [-0.1, -0.05) is 36.4 Å². The van der Waals surface area contributed by atoms with E-state index in [-0.39, 0.29) is 23.5 Å². The van der Waals surface area contributed by atoms with E-state index >= 15 is 0 Å². The van der Waals surface area contributed by atoms with E-state index in [1.54, 1.807) is 48.7 Å². The second-order valence-corrected chi connectivity index (χ2v) is 6.39. The Morgan fingerprint density at radius 2 is 1.83 bits per heavy atom. The van der Waals surface area contributed by atoms with Crippen LogP contribution < -0.4 is 0 Å². The van der Waals surface area contributed by atoms with Gasteiger partial charge in [0.15, 0.2) is 11.3 Å². The Labute approximate surface area is 169 Å². The van der Waals surface area contributed by atoms with Crippen LogP contribution in [0.25, 0.3) is 16.9 Å². The molecule has 30 heavy (non-hydrogen) atoms. The Morgan fingerprint density at radius 3 is 2.53 bits per heavy atom. The van der Waals surface area contributed by atoms with E-state index in [1.165, 1.54) is 0 Å². The monoisotopic (exact) mass is 412 g/mol. The van der Waals surface area contributed by atoms with Crippen LogP contribution in [0.15, 0.2) is 67.0 Å². The highest BCUT2D eigenvalue weighted by Crippen LogP contribution is 2.32. The minimum atomic E-state index is -4.68. The smallest absolute Gasteiger partial charge is 0.433 e. The van der Waals surface area contributed by atoms with Crippen molar-refractivity contribution >= 4 is 11.6 Å². The third-order valence-corrected chi connectivity index (χ3v) is 4.37. The minimum Gasteiger partial charge on any atom is -0.462 e.